The second-order valence-corrected chi connectivity index (χ2v) is 4.56. The summed E-state index contributed by atoms with van der Waals surface area (Å²) in [7, 11) is 0. The molecule has 1 heteroatoms. The highest BCUT2D eigenvalue weighted by molar-refractivity contribution is 5.93. The SMILES string of the molecule is C[C@H]1C(=O)C=C2CCCCC[C@@H]1C2. The van der Waals surface area contributed by atoms with Gasteiger partial charge in [-0.3, -0.25) is 4.79 Å². The van der Waals surface area contributed by atoms with Crippen molar-refractivity contribution in [1.29, 1.82) is 0 Å². The Morgan fingerprint density at radius 1 is 1.31 bits per heavy atom. The lowest BCUT2D eigenvalue weighted by Gasteiger charge is -2.29. The molecule has 0 aromatic rings. The topological polar surface area (TPSA) is 17.1 Å². The molecule has 2 aliphatic carbocycles. The zero-order valence-electron chi connectivity index (χ0n) is 8.38. The van der Waals surface area contributed by atoms with E-state index in [-0.39, 0.29) is 0 Å². The molecule has 0 heterocycles. The summed E-state index contributed by atoms with van der Waals surface area (Å²) in [5.74, 6) is 1.34. The maximum absolute atomic E-state index is 11.6. The molecular formula is C12H18O. The van der Waals surface area contributed by atoms with Gasteiger partial charge >= 0.3 is 0 Å². The first kappa shape index (κ1) is 8.98. The number of rotatable bonds is 0. The summed E-state index contributed by atoms with van der Waals surface area (Å²) < 4.78 is 0. The first-order valence-electron chi connectivity index (χ1n) is 5.50. The fraction of sp³-hybridized carbons (Fsp3) is 0.750. The van der Waals surface area contributed by atoms with Crippen molar-refractivity contribution in [3.63, 3.8) is 0 Å². The quantitative estimate of drug-likeness (QED) is 0.557. The van der Waals surface area contributed by atoms with Gasteiger partial charge in [-0.2, -0.15) is 0 Å². The van der Waals surface area contributed by atoms with Crippen LogP contribution < -0.4 is 0 Å². The zero-order chi connectivity index (χ0) is 9.26. The molecule has 2 bridgehead atoms. The Morgan fingerprint density at radius 2 is 2.15 bits per heavy atom. The van der Waals surface area contributed by atoms with Gasteiger partial charge in [-0.15, -0.1) is 0 Å². The van der Waals surface area contributed by atoms with E-state index in [0.717, 1.165) is 0 Å². The van der Waals surface area contributed by atoms with E-state index in [1.165, 1.54) is 44.1 Å². The molecule has 0 amide bonds. The molecule has 0 spiro atoms. The van der Waals surface area contributed by atoms with Crippen LogP contribution in [0.3, 0.4) is 0 Å². The maximum atomic E-state index is 11.6. The lowest BCUT2D eigenvalue weighted by molar-refractivity contribution is -0.120. The Balaban J connectivity index is 2.18. The minimum absolute atomic E-state index is 0.293. The highest BCUT2D eigenvalue weighted by atomic mass is 16.1. The summed E-state index contributed by atoms with van der Waals surface area (Å²) in [6.45, 7) is 2.10. The molecule has 1 fully saturated rings. The number of carbonyl (C=O) groups is 1. The Bertz CT molecular complexity index is 240. The third-order valence-corrected chi connectivity index (χ3v) is 3.60. The number of hydrogen-bond acceptors (Lipinski definition) is 1. The van der Waals surface area contributed by atoms with E-state index in [2.05, 4.69) is 6.92 Å². The van der Waals surface area contributed by atoms with Gasteiger partial charge in [-0.05, 0) is 37.7 Å². The summed E-state index contributed by atoms with van der Waals surface area (Å²) in [6, 6.07) is 0. The summed E-state index contributed by atoms with van der Waals surface area (Å²) in [5, 5.41) is 0. The average Bonchev–Trinajstić information content (AvgIpc) is 2.07. The normalized spacial score (nSPS) is 34.8. The van der Waals surface area contributed by atoms with Crippen LogP contribution in [0.25, 0.3) is 0 Å². The van der Waals surface area contributed by atoms with Gasteiger partial charge in [-0.25, -0.2) is 0 Å². The van der Waals surface area contributed by atoms with Crippen LogP contribution in [0, 0.1) is 11.8 Å². The monoisotopic (exact) mass is 178 g/mol. The molecule has 0 aromatic carbocycles. The van der Waals surface area contributed by atoms with Crippen LogP contribution in [0.2, 0.25) is 0 Å². The second-order valence-electron chi connectivity index (χ2n) is 4.56. The fourth-order valence-corrected chi connectivity index (χ4v) is 2.60. The Kier molecular flexibility index (Phi) is 2.52. The largest absolute Gasteiger partial charge is 0.295 e. The van der Waals surface area contributed by atoms with Crippen molar-refractivity contribution in [2.45, 2.75) is 45.4 Å². The summed E-state index contributed by atoms with van der Waals surface area (Å²) >= 11 is 0. The Hall–Kier alpha value is -0.590. The average molecular weight is 178 g/mol. The van der Waals surface area contributed by atoms with E-state index in [0.29, 0.717) is 17.6 Å². The predicted molar refractivity (Wildman–Crippen MR) is 53.4 cm³/mol. The second kappa shape index (κ2) is 3.65. The van der Waals surface area contributed by atoms with E-state index in [9.17, 15) is 4.79 Å². The van der Waals surface area contributed by atoms with Crippen molar-refractivity contribution in [2.75, 3.05) is 0 Å². The first-order chi connectivity index (χ1) is 6.27. The Labute approximate surface area is 80.2 Å². The molecular weight excluding hydrogens is 160 g/mol. The minimum atomic E-state index is 0.293. The molecule has 0 saturated heterocycles. The van der Waals surface area contributed by atoms with Crippen LogP contribution in [0.4, 0.5) is 0 Å². The molecule has 0 aromatic heterocycles. The van der Waals surface area contributed by atoms with Gasteiger partial charge in [0.25, 0.3) is 0 Å². The van der Waals surface area contributed by atoms with Crippen LogP contribution in [0.1, 0.15) is 45.4 Å². The van der Waals surface area contributed by atoms with E-state index in [1.807, 2.05) is 6.08 Å². The fourth-order valence-electron chi connectivity index (χ4n) is 2.60. The molecule has 1 nitrogen and oxygen atoms in total. The third kappa shape index (κ3) is 1.84. The molecule has 0 radical (unpaired) electrons. The molecule has 2 aliphatic rings. The maximum Gasteiger partial charge on any atom is 0.158 e. The van der Waals surface area contributed by atoms with Crippen LogP contribution >= 0.6 is 0 Å². The summed E-state index contributed by atoms with van der Waals surface area (Å²) in [6.07, 6.45) is 9.54. The van der Waals surface area contributed by atoms with Crippen molar-refractivity contribution in [3.8, 4) is 0 Å². The van der Waals surface area contributed by atoms with Crippen molar-refractivity contribution in [2.24, 2.45) is 11.8 Å². The molecule has 0 N–H and O–H groups in total. The standard InChI is InChI=1S/C12H18O/c1-9-11-6-4-2-3-5-10(7-11)8-12(9)13/h8-9,11H,2-7H2,1H3/t9-,11-/m1/s1. The lowest BCUT2D eigenvalue weighted by Crippen LogP contribution is -2.25. The van der Waals surface area contributed by atoms with Gasteiger partial charge in [-0.1, -0.05) is 25.3 Å². The van der Waals surface area contributed by atoms with E-state index < -0.39 is 0 Å². The highest BCUT2D eigenvalue weighted by Gasteiger charge is 2.28. The van der Waals surface area contributed by atoms with Gasteiger partial charge in [0.15, 0.2) is 5.78 Å². The van der Waals surface area contributed by atoms with Gasteiger partial charge in [0.1, 0.15) is 0 Å². The van der Waals surface area contributed by atoms with Crippen LogP contribution in [-0.4, -0.2) is 5.78 Å². The van der Waals surface area contributed by atoms with Gasteiger partial charge < -0.3 is 0 Å². The van der Waals surface area contributed by atoms with Crippen molar-refractivity contribution in [3.05, 3.63) is 11.6 Å². The highest BCUT2D eigenvalue weighted by Crippen LogP contribution is 2.35. The molecule has 1 saturated carbocycles. The lowest BCUT2D eigenvalue weighted by atomic mass is 9.74. The Morgan fingerprint density at radius 3 is 3.00 bits per heavy atom. The van der Waals surface area contributed by atoms with Crippen LogP contribution in [0.15, 0.2) is 11.6 Å². The molecule has 13 heavy (non-hydrogen) atoms. The van der Waals surface area contributed by atoms with E-state index in [1.54, 1.807) is 0 Å². The summed E-state index contributed by atoms with van der Waals surface area (Å²) in [4.78, 5) is 11.6. The van der Waals surface area contributed by atoms with E-state index >= 15 is 0 Å². The van der Waals surface area contributed by atoms with E-state index in [4.69, 9.17) is 0 Å². The van der Waals surface area contributed by atoms with Crippen LogP contribution in [-0.2, 0) is 4.79 Å². The van der Waals surface area contributed by atoms with Gasteiger partial charge in [0.2, 0.25) is 0 Å². The zero-order valence-corrected chi connectivity index (χ0v) is 8.38. The van der Waals surface area contributed by atoms with Crippen molar-refractivity contribution in [1.82, 2.24) is 0 Å². The van der Waals surface area contributed by atoms with Gasteiger partial charge in [0, 0.05) is 5.92 Å². The number of allylic oxidation sites excluding steroid dienone is 2. The van der Waals surface area contributed by atoms with Crippen LogP contribution in [0.5, 0.6) is 0 Å². The molecule has 2 atom stereocenters. The molecule has 2 rings (SSSR count). The summed E-state index contributed by atoms with van der Waals surface area (Å²) in [5.41, 5.74) is 1.42. The number of carbonyl (C=O) groups excluding carboxylic acids is 1. The number of ketones is 1. The number of fused-ring (bicyclic) bond motifs is 2. The molecule has 72 valence electrons. The number of hydrogen-bond donors (Lipinski definition) is 0. The molecule has 0 aliphatic heterocycles. The minimum Gasteiger partial charge on any atom is -0.295 e. The van der Waals surface area contributed by atoms with Crippen molar-refractivity contribution < 1.29 is 4.79 Å². The first-order valence-corrected chi connectivity index (χ1v) is 5.50. The third-order valence-electron chi connectivity index (χ3n) is 3.60. The molecule has 0 unspecified atom stereocenters. The smallest absolute Gasteiger partial charge is 0.158 e. The predicted octanol–water partition coefficient (Wildman–Crippen LogP) is 3.10. The van der Waals surface area contributed by atoms with Gasteiger partial charge in [0.05, 0.1) is 0 Å². The van der Waals surface area contributed by atoms with Crippen molar-refractivity contribution >= 4 is 5.78 Å².